The number of hydrogen-bond donors (Lipinski definition) is 2. The van der Waals surface area contributed by atoms with Gasteiger partial charge in [-0.25, -0.2) is 18.2 Å². The number of hydrogen-bond acceptors (Lipinski definition) is 8. The van der Waals surface area contributed by atoms with E-state index in [9.17, 15) is 13.2 Å². The fourth-order valence-corrected chi connectivity index (χ4v) is 5.13. The van der Waals surface area contributed by atoms with Crippen LogP contribution in [-0.2, 0) is 10.0 Å². The molecule has 12 heteroatoms. The summed E-state index contributed by atoms with van der Waals surface area (Å²) in [6.45, 7) is 1.76. The third-order valence-corrected chi connectivity index (χ3v) is 6.88. The highest BCUT2D eigenvalue weighted by Crippen LogP contribution is 2.30. The minimum atomic E-state index is -3.98. The first-order valence-electron chi connectivity index (χ1n) is 9.00. The average molecular weight is 457 g/mol. The highest BCUT2D eigenvalue weighted by molar-refractivity contribution is 7.92. The van der Waals surface area contributed by atoms with E-state index >= 15 is 0 Å². The first kappa shape index (κ1) is 19.3. The van der Waals surface area contributed by atoms with Gasteiger partial charge in [-0.15, -0.1) is 0 Å². The van der Waals surface area contributed by atoms with Crippen molar-refractivity contribution in [2.24, 2.45) is 0 Å². The molecule has 0 radical (unpaired) electrons. The number of benzene rings is 2. The summed E-state index contributed by atoms with van der Waals surface area (Å²) < 4.78 is 41.0. The first-order valence-corrected chi connectivity index (χ1v) is 11.3. The van der Waals surface area contributed by atoms with Crippen molar-refractivity contribution in [1.82, 2.24) is 19.7 Å². The first-order chi connectivity index (χ1) is 14.8. The molecule has 0 saturated heterocycles. The summed E-state index contributed by atoms with van der Waals surface area (Å²) in [5.74, 6) is 0.282. The van der Waals surface area contributed by atoms with E-state index in [-0.39, 0.29) is 16.3 Å². The number of rotatable bonds is 5. The van der Waals surface area contributed by atoms with E-state index in [1.54, 1.807) is 26.2 Å². The number of fused-ring (bicyclic) bond motifs is 2. The van der Waals surface area contributed by atoms with E-state index < -0.39 is 15.8 Å². The van der Waals surface area contributed by atoms with Gasteiger partial charge in [0.15, 0.2) is 5.58 Å². The summed E-state index contributed by atoms with van der Waals surface area (Å²) in [4.78, 5) is 18.3. The number of nitrogens with zero attached hydrogens (tertiary/aromatic N) is 3. The summed E-state index contributed by atoms with van der Waals surface area (Å²) in [7, 11) is -2.40. The SMILES string of the molecule is COc1ccc2nc(-n3nc(C)cc3NS(=O)(=O)c3ccc4[nH]c(=O)oc4c3)sc2c1. The van der Waals surface area contributed by atoms with Crippen LogP contribution in [0.25, 0.3) is 26.4 Å². The highest BCUT2D eigenvalue weighted by Gasteiger charge is 2.21. The largest absolute Gasteiger partial charge is 0.497 e. The number of oxazole rings is 1. The Labute approximate surface area is 179 Å². The molecule has 158 valence electrons. The second kappa shape index (κ2) is 6.96. The predicted molar refractivity (Wildman–Crippen MR) is 116 cm³/mol. The fourth-order valence-electron chi connectivity index (χ4n) is 3.12. The normalized spacial score (nSPS) is 11.9. The minimum absolute atomic E-state index is 0.0535. The van der Waals surface area contributed by atoms with Gasteiger partial charge in [0.2, 0.25) is 5.13 Å². The number of methoxy groups -OCH3 is 1. The predicted octanol–water partition coefficient (Wildman–Crippen LogP) is 3.03. The number of aromatic nitrogens is 4. The topological polar surface area (TPSA) is 132 Å². The molecule has 0 bridgehead atoms. The summed E-state index contributed by atoms with van der Waals surface area (Å²) in [6.07, 6.45) is 0. The van der Waals surface area contributed by atoms with Crippen LogP contribution >= 0.6 is 11.3 Å². The Balaban J connectivity index is 1.54. The zero-order valence-electron chi connectivity index (χ0n) is 16.2. The molecule has 3 aromatic heterocycles. The lowest BCUT2D eigenvalue weighted by atomic mass is 10.3. The maximum atomic E-state index is 13.0. The van der Waals surface area contributed by atoms with Crippen LogP contribution in [0.1, 0.15) is 5.69 Å². The zero-order chi connectivity index (χ0) is 21.8. The number of anilines is 1. The van der Waals surface area contributed by atoms with Gasteiger partial charge < -0.3 is 9.15 Å². The quantitative estimate of drug-likeness (QED) is 0.414. The van der Waals surface area contributed by atoms with E-state index in [0.717, 1.165) is 10.2 Å². The zero-order valence-corrected chi connectivity index (χ0v) is 17.9. The van der Waals surface area contributed by atoms with E-state index in [4.69, 9.17) is 9.15 Å². The van der Waals surface area contributed by atoms with E-state index in [1.807, 2.05) is 12.1 Å². The van der Waals surface area contributed by atoms with Crippen LogP contribution in [-0.4, -0.2) is 35.3 Å². The Morgan fingerprint density at radius 3 is 2.84 bits per heavy atom. The van der Waals surface area contributed by atoms with Crippen molar-refractivity contribution >= 4 is 48.5 Å². The lowest BCUT2D eigenvalue weighted by molar-refractivity contribution is 0.415. The molecule has 2 aromatic carbocycles. The van der Waals surface area contributed by atoms with E-state index in [2.05, 4.69) is 19.8 Å². The molecule has 0 aliphatic rings. The molecule has 0 saturated carbocycles. The number of ether oxygens (including phenoxy) is 1. The molecule has 31 heavy (non-hydrogen) atoms. The smallest absolute Gasteiger partial charge is 0.417 e. The van der Waals surface area contributed by atoms with Gasteiger partial charge in [0.05, 0.1) is 33.4 Å². The second-order valence-electron chi connectivity index (χ2n) is 6.69. The van der Waals surface area contributed by atoms with Crippen molar-refractivity contribution in [3.63, 3.8) is 0 Å². The van der Waals surface area contributed by atoms with Gasteiger partial charge in [-0.1, -0.05) is 11.3 Å². The van der Waals surface area contributed by atoms with Gasteiger partial charge in [-0.2, -0.15) is 9.78 Å². The van der Waals surface area contributed by atoms with Crippen molar-refractivity contribution in [2.75, 3.05) is 11.8 Å². The molecule has 5 aromatic rings. The van der Waals surface area contributed by atoms with Crippen LogP contribution in [0.5, 0.6) is 5.75 Å². The number of aryl methyl sites for hydroxylation is 1. The molecule has 0 atom stereocenters. The van der Waals surface area contributed by atoms with Crippen LogP contribution < -0.4 is 15.2 Å². The highest BCUT2D eigenvalue weighted by atomic mass is 32.2. The molecule has 0 aliphatic heterocycles. The maximum Gasteiger partial charge on any atom is 0.417 e. The molecular formula is C19H15N5O5S2. The number of thiazole rings is 1. The Morgan fingerprint density at radius 2 is 2.03 bits per heavy atom. The number of aromatic amines is 1. The van der Waals surface area contributed by atoms with Crippen LogP contribution in [0.4, 0.5) is 5.82 Å². The van der Waals surface area contributed by atoms with Gasteiger partial charge >= 0.3 is 5.76 Å². The van der Waals surface area contributed by atoms with Gasteiger partial charge in [0, 0.05) is 12.1 Å². The lowest BCUT2D eigenvalue weighted by Crippen LogP contribution is -2.15. The molecule has 0 amide bonds. The van der Waals surface area contributed by atoms with Crippen molar-refractivity contribution < 1.29 is 17.6 Å². The Bertz CT molecular complexity index is 1610. The van der Waals surface area contributed by atoms with E-state index in [0.29, 0.717) is 22.1 Å². The number of nitrogens with one attached hydrogen (secondary N) is 2. The molecule has 10 nitrogen and oxygen atoms in total. The minimum Gasteiger partial charge on any atom is -0.497 e. The monoisotopic (exact) mass is 457 g/mol. The molecule has 0 spiro atoms. The standard InChI is InChI=1S/C19H15N5O5S2/c1-10-7-17(23-31(26,27)12-4-6-13-15(9-12)29-19(25)21-13)24(22-10)18-20-14-5-3-11(28-2)8-16(14)30-18/h3-9,23H,1-2H3,(H,21,25). The maximum absolute atomic E-state index is 13.0. The molecule has 0 unspecified atom stereocenters. The van der Waals surface area contributed by atoms with Crippen molar-refractivity contribution in [3.8, 4) is 10.9 Å². The Kier molecular flexibility index (Phi) is 4.34. The van der Waals surface area contributed by atoms with Crippen LogP contribution in [0.3, 0.4) is 0 Å². The van der Waals surface area contributed by atoms with Gasteiger partial charge in [-0.3, -0.25) is 9.71 Å². The molecule has 0 fully saturated rings. The third-order valence-electron chi connectivity index (χ3n) is 4.54. The van der Waals surface area contributed by atoms with Crippen molar-refractivity contribution in [1.29, 1.82) is 0 Å². The average Bonchev–Trinajstić information content (AvgIpc) is 3.41. The molecule has 3 heterocycles. The van der Waals surface area contributed by atoms with Crippen LogP contribution in [0.15, 0.2) is 56.6 Å². The Hall–Kier alpha value is -3.64. The van der Waals surface area contributed by atoms with Crippen molar-refractivity contribution in [2.45, 2.75) is 11.8 Å². The summed E-state index contributed by atoms with van der Waals surface area (Å²) in [5.41, 5.74) is 1.92. The van der Waals surface area contributed by atoms with Gasteiger partial charge in [0.25, 0.3) is 10.0 Å². The molecule has 2 N–H and O–H groups in total. The van der Waals surface area contributed by atoms with E-state index in [1.165, 1.54) is 34.2 Å². The second-order valence-corrected chi connectivity index (χ2v) is 9.38. The van der Waals surface area contributed by atoms with Gasteiger partial charge in [0.1, 0.15) is 11.6 Å². The molecular weight excluding hydrogens is 442 g/mol. The third kappa shape index (κ3) is 3.45. The van der Waals surface area contributed by atoms with Crippen LogP contribution in [0, 0.1) is 6.92 Å². The van der Waals surface area contributed by atoms with Gasteiger partial charge in [-0.05, 0) is 37.3 Å². The summed E-state index contributed by atoms with van der Waals surface area (Å²) >= 11 is 1.35. The summed E-state index contributed by atoms with van der Waals surface area (Å²) in [6, 6.07) is 11.2. The number of H-pyrrole nitrogens is 1. The fraction of sp³-hybridized carbons (Fsp3) is 0.105. The lowest BCUT2D eigenvalue weighted by Gasteiger charge is -2.08. The molecule has 5 rings (SSSR count). The summed E-state index contributed by atoms with van der Waals surface area (Å²) in [5, 5.41) is 4.89. The Morgan fingerprint density at radius 1 is 1.19 bits per heavy atom. The molecule has 0 aliphatic carbocycles. The number of sulfonamides is 1. The van der Waals surface area contributed by atoms with Crippen LogP contribution in [0.2, 0.25) is 0 Å². The van der Waals surface area contributed by atoms with Crippen molar-refractivity contribution in [3.05, 3.63) is 58.7 Å².